The van der Waals surface area contributed by atoms with Crippen LogP contribution in [0.2, 0.25) is 0 Å². The Morgan fingerprint density at radius 2 is 1.35 bits per heavy atom. The first kappa shape index (κ1) is 25.9. The van der Waals surface area contributed by atoms with Gasteiger partial charge in [0, 0.05) is 31.7 Å². The fourth-order valence-electron chi connectivity index (χ4n) is 4.11. The Hall–Kier alpha value is -4.21. The van der Waals surface area contributed by atoms with Crippen LogP contribution in [-0.4, -0.2) is 60.2 Å². The molecular weight excluding hydrogens is 490 g/mol. The minimum absolute atomic E-state index is 0.0437. The Labute approximate surface area is 210 Å². The quantitative estimate of drug-likeness (QED) is 0.520. The number of benzene rings is 3. The second-order valence-corrected chi connectivity index (χ2v) is 8.46. The predicted molar refractivity (Wildman–Crippen MR) is 128 cm³/mol. The van der Waals surface area contributed by atoms with Crippen LogP contribution in [0.1, 0.15) is 26.3 Å². The molecule has 4 rings (SSSR count). The number of carbonyl (C=O) groups is 3. The van der Waals surface area contributed by atoms with Crippen molar-refractivity contribution >= 4 is 17.7 Å². The summed E-state index contributed by atoms with van der Waals surface area (Å²) in [6.45, 7) is -0.320. The van der Waals surface area contributed by atoms with Crippen LogP contribution in [0.25, 0.3) is 11.1 Å². The lowest BCUT2D eigenvalue weighted by Crippen LogP contribution is -2.52. The molecular formula is C27H23F4N3O3. The summed E-state index contributed by atoms with van der Waals surface area (Å²) in [6.07, 6.45) is -4.88. The van der Waals surface area contributed by atoms with E-state index < -0.39 is 40.8 Å². The summed E-state index contributed by atoms with van der Waals surface area (Å²) < 4.78 is 54.0. The molecule has 1 N–H and O–H groups in total. The van der Waals surface area contributed by atoms with E-state index in [1.54, 1.807) is 12.1 Å². The van der Waals surface area contributed by atoms with Gasteiger partial charge < -0.3 is 15.1 Å². The van der Waals surface area contributed by atoms with Crippen LogP contribution in [0.15, 0.2) is 72.8 Å². The zero-order chi connectivity index (χ0) is 26.6. The average Bonchev–Trinajstić information content (AvgIpc) is 2.91. The van der Waals surface area contributed by atoms with Gasteiger partial charge >= 0.3 is 6.18 Å². The van der Waals surface area contributed by atoms with Crippen molar-refractivity contribution in [3.63, 3.8) is 0 Å². The van der Waals surface area contributed by atoms with E-state index in [1.807, 2.05) is 42.5 Å². The van der Waals surface area contributed by atoms with Crippen molar-refractivity contribution in [2.45, 2.75) is 6.18 Å². The van der Waals surface area contributed by atoms with E-state index in [4.69, 9.17) is 0 Å². The topological polar surface area (TPSA) is 69.7 Å². The number of alkyl halides is 3. The summed E-state index contributed by atoms with van der Waals surface area (Å²) in [5.74, 6) is -3.16. The molecule has 192 valence electrons. The van der Waals surface area contributed by atoms with Gasteiger partial charge in [-0.25, -0.2) is 4.39 Å². The number of nitrogens with zero attached hydrogens (tertiary/aromatic N) is 2. The second kappa shape index (κ2) is 10.8. The molecule has 0 atom stereocenters. The van der Waals surface area contributed by atoms with Crippen molar-refractivity contribution < 1.29 is 31.9 Å². The molecule has 0 aromatic heterocycles. The van der Waals surface area contributed by atoms with Crippen molar-refractivity contribution in [2.75, 3.05) is 32.7 Å². The molecule has 1 heterocycles. The first-order valence-electron chi connectivity index (χ1n) is 11.5. The van der Waals surface area contributed by atoms with Gasteiger partial charge in [-0.15, -0.1) is 0 Å². The number of amides is 3. The van der Waals surface area contributed by atoms with Crippen LogP contribution < -0.4 is 5.32 Å². The number of carbonyl (C=O) groups excluding carboxylic acids is 3. The molecule has 0 unspecified atom stereocenters. The number of halogens is 4. The maximum absolute atomic E-state index is 14.2. The van der Waals surface area contributed by atoms with Crippen LogP contribution >= 0.6 is 0 Å². The molecule has 0 bridgehead atoms. The van der Waals surface area contributed by atoms with Crippen LogP contribution in [0.3, 0.4) is 0 Å². The lowest BCUT2D eigenvalue weighted by atomic mass is 10.0. The van der Waals surface area contributed by atoms with Crippen LogP contribution in [0.5, 0.6) is 0 Å². The molecule has 6 nitrogen and oxygen atoms in total. The van der Waals surface area contributed by atoms with E-state index in [2.05, 4.69) is 5.32 Å². The Morgan fingerprint density at radius 1 is 0.757 bits per heavy atom. The van der Waals surface area contributed by atoms with Gasteiger partial charge in [0.15, 0.2) is 0 Å². The number of nitrogens with one attached hydrogen (secondary N) is 1. The van der Waals surface area contributed by atoms with Gasteiger partial charge in [0.2, 0.25) is 5.91 Å². The van der Waals surface area contributed by atoms with Crippen molar-refractivity contribution in [2.24, 2.45) is 0 Å². The molecule has 0 aliphatic carbocycles. The largest absolute Gasteiger partial charge is 0.417 e. The number of hydrogen-bond acceptors (Lipinski definition) is 3. The van der Waals surface area contributed by atoms with Gasteiger partial charge in [0.05, 0.1) is 17.7 Å². The molecule has 1 aliphatic rings. The van der Waals surface area contributed by atoms with E-state index in [0.29, 0.717) is 11.6 Å². The van der Waals surface area contributed by atoms with Crippen molar-refractivity contribution in [1.29, 1.82) is 0 Å². The summed E-state index contributed by atoms with van der Waals surface area (Å²) in [7, 11) is 0. The lowest BCUT2D eigenvalue weighted by molar-refractivity contribution is -0.138. The van der Waals surface area contributed by atoms with Crippen molar-refractivity contribution in [1.82, 2.24) is 15.1 Å². The van der Waals surface area contributed by atoms with Crippen molar-refractivity contribution in [3.05, 3.63) is 95.3 Å². The zero-order valence-electron chi connectivity index (χ0n) is 19.6. The van der Waals surface area contributed by atoms with Gasteiger partial charge in [-0.05, 0) is 35.4 Å². The predicted octanol–water partition coefficient (Wildman–Crippen LogP) is 4.23. The number of hydrogen-bond donors (Lipinski definition) is 1. The highest BCUT2D eigenvalue weighted by atomic mass is 19.4. The Kier molecular flexibility index (Phi) is 7.56. The summed E-state index contributed by atoms with van der Waals surface area (Å²) >= 11 is 0. The third kappa shape index (κ3) is 5.96. The first-order valence-corrected chi connectivity index (χ1v) is 11.5. The molecule has 0 radical (unpaired) electrons. The number of piperazine rings is 1. The molecule has 3 aromatic carbocycles. The van der Waals surface area contributed by atoms with Crippen LogP contribution in [-0.2, 0) is 11.0 Å². The van der Waals surface area contributed by atoms with E-state index in [9.17, 15) is 31.9 Å². The molecule has 37 heavy (non-hydrogen) atoms. The fourth-order valence-corrected chi connectivity index (χ4v) is 4.11. The smallest absolute Gasteiger partial charge is 0.343 e. The minimum atomic E-state index is -4.88. The molecule has 3 aromatic rings. The normalized spacial score (nSPS) is 13.8. The van der Waals surface area contributed by atoms with E-state index in [-0.39, 0.29) is 32.7 Å². The van der Waals surface area contributed by atoms with Crippen molar-refractivity contribution in [3.8, 4) is 11.1 Å². The summed E-state index contributed by atoms with van der Waals surface area (Å²) in [4.78, 5) is 40.2. The monoisotopic (exact) mass is 513 g/mol. The zero-order valence-corrected chi connectivity index (χ0v) is 19.6. The number of rotatable bonds is 5. The Bertz CT molecular complexity index is 1290. The minimum Gasteiger partial charge on any atom is -0.343 e. The Morgan fingerprint density at radius 3 is 1.97 bits per heavy atom. The highest BCUT2D eigenvalue weighted by Crippen LogP contribution is 2.33. The van der Waals surface area contributed by atoms with Crippen LogP contribution in [0.4, 0.5) is 17.6 Å². The van der Waals surface area contributed by atoms with E-state index >= 15 is 0 Å². The molecule has 1 saturated heterocycles. The van der Waals surface area contributed by atoms with Gasteiger partial charge in [-0.3, -0.25) is 14.4 Å². The van der Waals surface area contributed by atoms with E-state index in [1.165, 1.54) is 4.90 Å². The van der Waals surface area contributed by atoms with Gasteiger partial charge in [0.1, 0.15) is 5.82 Å². The molecule has 10 heteroatoms. The van der Waals surface area contributed by atoms with Crippen LogP contribution in [0, 0.1) is 5.82 Å². The fraction of sp³-hybridized carbons (Fsp3) is 0.222. The standard InChI is InChI=1S/C27H23F4N3O3/c28-22-8-4-7-21(27(29,30)31)24(22)26(37)34-15-13-33(14-16-34)23(35)17-32-25(36)20-11-9-19(10-12-20)18-5-2-1-3-6-18/h1-12H,13-17H2,(H,32,36). The molecule has 3 amide bonds. The SMILES string of the molecule is O=C(NCC(=O)N1CCN(C(=O)c2c(F)cccc2C(F)(F)F)CC1)c1ccc(-c2ccccc2)cc1. The van der Waals surface area contributed by atoms with Gasteiger partial charge in [-0.2, -0.15) is 13.2 Å². The second-order valence-electron chi connectivity index (χ2n) is 8.46. The summed E-state index contributed by atoms with van der Waals surface area (Å²) in [6, 6.07) is 18.9. The van der Waals surface area contributed by atoms with E-state index in [0.717, 1.165) is 28.2 Å². The maximum Gasteiger partial charge on any atom is 0.417 e. The maximum atomic E-state index is 14.2. The van der Waals surface area contributed by atoms with Gasteiger partial charge in [-0.1, -0.05) is 48.5 Å². The third-order valence-electron chi connectivity index (χ3n) is 6.11. The molecule has 1 fully saturated rings. The summed E-state index contributed by atoms with van der Waals surface area (Å²) in [5, 5.41) is 2.56. The lowest BCUT2D eigenvalue weighted by Gasteiger charge is -2.35. The first-order chi connectivity index (χ1) is 17.6. The molecule has 0 saturated carbocycles. The molecule has 1 aliphatic heterocycles. The highest BCUT2D eigenvalue weighted by Gasteiger charge is 2.38. The third-order valence-corrected chi connectivity index (χ3v) is 6.11. The molecule has 0 spiro atoms. The average molecular weight is 513 g/mol. The summed E-state index contributed by atoms with van der Waals surface area (Å²) in [5.41, 5.74) is -0.0330. The highest BCUT2D eigenvalue weighted by molar-refractivity contribution is 5.97. The van der Waals surface area contributed by atoms with Gasteiger partial charge in [0.25, 0.3) is 11.8 Å². The Balaban J connectivity index is 1.30.